The van der Waals surface area contributed by atoms with Crippen molar-refractivity contribution in [3.05, 3.63) is 82.3 Å². The number of rotatable bonds is 3. The number of halogens is 1. The van der Waals surface area contributed by atoms with Crippen LogP contribution in [0, 0.1) is 6.92 Å². The van der Waals surface area contributed by atoms with E-state index >= 15 is 0 Å². The highest BCUT2D eigenvalue weighted by atomic mass is 79.9. The standard InChI is InChI=1S/C22H16BrN3OS2/c1-13-11-15(21-24-18-7-2-3-8-19(18)29-21)9-10-17(13)25-22(28)26-20(27)14-5-4-6-16(23)12-14/h2-12H,1H3,(H2,25,26,27,28). The lowest BCUT2D eigenvalue weighted by atomic mass is 10.1. The van der Waals surface area contributed by atoms with Gasteiger partial charge in [0.15, 0.2) is 5.11 Å². The second kappa shape index (κ2) is 8.41. The number of thiazole rings is 1. The number of thiocarbonyl (C=S) groups is 1. The molecule has 3 aromatic carbocycles. The van der Waals surface area contributed by atoms with E-state index in [4.69, 9.17) is 17.2 Å². The number of hydrogen-bond donors (Lipinski definition) is 2. The summed E-state index contributed by atoms with van der Waals surface area (Å²) in [4.78, 5) is 17.0. The van der Waals surface area contributed by atoms with Gasteiger partial charge in [0.1, 0.15) is 5.01 Å². The maximum absolute atomic E-state index is 12.3. The summed E-state index contributed by atoms with van der Waals surface area (Å²) in [5.74, 6) is -0.257. The highest BCUT2D eigenvalue weighted by Crippen LogP contribution is 2.31. The van der Waals surface area contributed by atoms with Gasteiger partial charge in [-0.05, 0) is 73.2 Å². The van der Waals surface area contributed by atoms with Crippen LogP contribution < -0.4 is 10.6 Å². The molecule has 0 atom stereocenters. The van der Waals surface area contributed by atoms with Gasteiger partial charge in [-0.2, -0.15) is 0 Å². The third-order valence-electron chi connectivity index (χ3n) is 4.33. The smallest absolute Gasteiger partial charge is 0.257 e. The molecule has 0 aliphatic rings. The van der Waals surface area contributed by atoms with E-state index in [0.29, 0.717) is 5.56 Å². The first-order valence-electron chi connectivity index (χ1n) is 8.84. The highest BCUT2D eigenvalue weighted by Gasteiger charge is 2.11. The molecule has 4 aromatic rings. The summed E-state index contributed by atoms with van der Waals surface area (Å²) in [5, 5.41) is 7.05. The van der Waals surface area contributed by atoms with Crippen LogP contribution in [0.5, 0.6) is 0 Å². The molecule has 1 amide bonds. The molecule has 0 saturated heterocycles. The minimum Gasteiger partial charge on any atom is -0.332 e. The van der Waals surface area contributed by atoms with Crippen LogP contribution >= 0.6 is 39.5 Å². The Bertz CT molecular complexity index is 1200. The van der Waals surface area contributed by atoms with E-state index in [1.807, 2.05) is 43.3 Å². The highest BCUT2D eigenvalue weighted by molar-refractivity contribution is 9.10. The van der Waals surface area contributed by atoms with Crippen molar-refractivity contribution < 1.29 is 4.79 Å². The lowest BCUT2D eigenvalue weighted by Crippen LogP contribution is -2.34. The average Bonchev–Trinajstić information content (AvgIpc) is 3.13. The Balaban J connectivity index is 1.48. The number of aromatic nitrogens is 1. The summed E-state index contributed by atoms with van der Waals surface area (Å²) < 4.78 is 2.00. The van der Waals surface area contributed by atoms with Crippen LogP contribution in [0.15, 0.2) is 71.2 Å². The quantitative estimate of drug-likeness (QED) is 0.344. The van der Waals surface area contributed by atoms with Crippen molar-refractivity contribution in [3.63, 3.8) is 0 Å². The van der Waals surface area contributed by atoms with Gasteiger partial charge in [0.2, 0.25) is 0 Å². The Kier molecular flexibility index (Phi) is 5.71. The maximum Gasteiger partial charge on any atom is 0.257 e. The number of nitrogens with zero attached hydrogens (tertiary/aromatic N) is 1. The number of fused-ring (bicyclic) bond motifs is 1. The van der Waals surface area contributed by atoms with Gasteiger partial charge in [0.25, 0.3) is 5.91 Å². The number of amides is 1. The first-order valence-corrected chi connectivity index (χ1v) is 10.9. The van der Waals surface area contributed by atoms with Crippen LogP contribution in [-0.4, -0.2) is 16.0 Å². The minimum atomic E-state index is -0.257. The Hall–Kier alpha value is -2.61. The second-order valence-corrected chi connectivity index (χ2v) is 8.79. The van der Waals surface area contributed by atoms with Gasteiger partial charge in [-0.15, -0.1) is 11.3 Å². The largest absolute Gasteiger partial charge is 0.332 e. The fraction of sp³-hybridized carbons (Fsp3) is 0.0455. The summed E-state index contributed by atoms with van der Waals surface area (Å²) in [6, 6.07) is 21.3. The summed E-state index contributed by atoms with van der Waals surface area (Å²) in [6.07, 6.45) is 0. The molecule has 0 unspecified atom stereocenters. The van der Waals surface area contributed by atoms with Crippen molar-refractivity contribution in [2.45, 2.75) is 6.92 Å². The molecule has 4 nitrogen and oxygen atoms in total. The number of anilines is 1. The van der Waals surface area contributed by atoms with Crippen molar-refractivity contribution in [1.29, 1.82) is 0 Å². The van der Waals surface area contributed by atoms with Gasteiger partial charge < -0.3 is 5.32 Å². The van der Waals surface area contributed by atoms with Crippen molar-refractivity contribution in [2.75, 3.05) is 5.32 Å². The molecule has 0 fully saturated rings. The van der Waals surface area contributed by atoms with Crippen LogP contribution in [0.25, 0.3) is 20.8 Å². The lowest BCUT2D eigenvalue weighted by Gasteiger charge is -2.12. The summed E-state index contributed by atoms with van der Waals surface area (Å²) in [6.45, 7) is 2.00. The van der Waals surface area contributed by atoms with Crippen molar-refractivity contribution in [1.82, 2.24) is 10.3 Å². The summed E-state index contributed by atoms with van der Waals surface area (Å²) in [5.41, 5.74) is 4.45. The van der Waals surface area contributed by atoms with Gasteiger partial charge in [0, 0.05) is 21.3 Å². The van der Waals surface area contributed by atoms with E-state index < -0.39 is 0 Å². The predicted molar refractivity (Wildman–Crippen MR) is 128 cm³/mol. The number of benzene rings is 3. The van der Waals surface area contributed by atoms with Gasteiger partial charge in [-0.1, -0.05) is 34.1 Å². The number of aryl methyl sites for hydroxylation is 1. The first kappa shape index (κ1) is 19.7. The number of para-hydroxylation sites is 1. The van der Waals surface area contributed by atoms with Crippen LogP contribution in [-0.2, 0) is 0 Å². The normalized spacial score (nSPS) is 10.7. The Morgan fingerprint density at radius 1 is 1.07 bits per heavy atom. The molecule has 0 aliphatic carbocycles. The molecule has 4 rings (SSSR count). The zero-order valence-electron chi connectivity index (χ0n) is 15.4. The third-order valence-corrected chi connectivity index (χ3v) is 6.11. The fourth-order valence-electron chi connectivity index (χ4n) is 2.89. The zero-order valence-corrected chi connectivity index (χ0v) is 18.6. The molecule has 0 radical (unpaired) electrons. The topological polar surface area (TPSA) is 54.0 Å². The minimum absolute atomic E-state index is 0.255. The molecule has 2 N–H and O–H groups in total. The molecule has 0 bridgehead atoms. The van der Waals surface area contributed by atoms with Gasteiger partial charge in [0.05, 0.1) is 10.2 Å². The van der Waals surface area contributed by atoms with E-state index in [2.05, 4.69) is 38.7 Å². The molecule has 144 valence electrons. The lowest BCUT2D eigenvalue weighted by molar-refractivity contribution is 0.0977. The van der Waals surface area contributed by atoms with Crippen LogP contribution in [0.4, 0.5) is 5.69 Å². The monoisotopic (exact) mass is 481 g/mol. The average molecular weight is 482 g/mol. The van der Waals surface area contributed by atoms with Crippen molar-refractivity contribution in [3.8, 4) is 10.6 Å². The molecule has 29 heavy (non-hydrogen) atoms. The van der Waals surface area contributed by atoms with Crippen LogP contribution in [0.3, 0.4) is 0 Å². The first-order chi connectivity index (χ1) is 14.0. The Morgan fingerprint density at radius 3 is 2.66 bits per heavy atom. The molecule has 0 aliphatic heterocycles. The van der Waals surface area contributed by atoms with E-state index in [-0.39, 0.29) is 11.0 Å². The number of carbonyl (C=O) groups excluding carboxylic acids is 1. The van der Waals surface area contributed by atoms with E-state index in [9.17, 15) is 4.79 Å². The molecular formula is C22H16BrN3OS2. The molecule has 0 spiro atoms. The van der Waals surface area contributed by atoms with Crippen molar-refractivity contribution >= 4 is 66.4 Å². The molecular weight excluding hydrogens is 466 g/mol. The number of nitrogens with one attached hydrogen (secondary N) is 2. The van der Waals surface area contributed by atoms with E-state index in [0.717, 1.165) is 31.8 Å². The van der Waals surface area contributed by atoms with Crippen LogP contribution in [0.2, 0.25) is 0 Å². The molecule has 7 heteroatoms. The molecule has 0 saturated carbocycles. The Morgan fingerprint density at radius 2 is 1.90 bits per heavy atom. The molecule has 1 aromatic heterocycles. The Labute approximate surface area is 186 Å². The number of hydrogen-bond acceptors (Lipinski definition) is 4. The predicted octanol–water partition coefficient (Wildman–Crippen LogP) is 6.16. The fourth-order valence-corrected chi connectivity index (χ4v) is 4.46. The van der Waals surface area contributed by atoms with Gasteiger partial charge in [-0.3, -0.25) is 10.1 Å². The van der Waals surface area contributed by atoms with Crippen molar-refractivity contribution in [2.24, 2.45) is 0 Å². The summed E-state index contributed by atoms with van der Waals surface area (Å²) in [7, 11) is 0. The SMILES string of the molecule is Cc1cc(-c2nc3ccccc3s2)ccc1NC(=S)NC(=O)c1cccc(Br)c1. The summed E-state index contributed by atoms with van der Waals surface area (Å²) >= 11 is 10.3. The van der Waals surface area contributed by atoms with Gasteiger partial charge in [-0.25, -0.2) is 4.98 Å². The van der Waals surface area contributed by atoms with E-state index in [1.54, 1.807) is 29.5 Å². The van der Waals surface area contributed by atoms with Gasteiger partial charge >= 0.3 is 0 Å². The van der Waals surface area contributed by atoms with Crippen LogP contribution in [0.1, 0.15) is 15.9 Å². The van der Waals surface area contributed by atoms with E-state index in [1.165, 1.54) is 4.70 Å². The maximum atomic E-state index is 12.3. The number of carbonyl (C=O) groups is 1. The third kappa shape index (κ3) is 4.53. The molecule has 1 heterocycles. The zero-order chi connectivity index (χ0) is 20.4. The second-order valence-electron chi connectivity index (χ2n) is 6.44.